The van der Waals surface area contributed by atoms with Crippen LogP contribution in [0.25, 0.3) is 0 Å². The zero-order valence-electron chi connectivity index (χ0n) is 10.2. The fourth-order valence-corrected chi connectivity index (χ4v) is 5.18. The standard InChI is InChI=1S/C14H26S/c1-2-3-4-5-10-14-12-8-6-7-9-13(11-12)15-14/h12-14H,2-11H2,1H3. The van der Waals surface area contributed by atoms with Gasteiger partial charge >= 0.3 is 0 Å². The second kappa shape index (κ2) is 6.18. The zero-order chi connectivity index (χ0) is 10.5. The molecule has 2 fully saturated rings. The molecule has 0 aromatic carbocycles. The first-order chi connectivity index (χ1) is 7.40. The summed E-state index contributed by atoms with van der Waals surface area (Å²) in [7, 11) is 0. The molecule has 0 N–H and O–H groups in total. The maximum atomic E-state index is 2.35. The molecule has 1 heterocycles. The second-order valence-corrected chi connectivity index (χ2v) is 6.97. The molecule has 3 unspecified atom stereocenters. The van der Waals surface area contributed by atoms with Gasteiger partial charge < -0.3 is 0 Å². The summed E-state index contributed by atoms with van der Waals surface area (Å²) < 4.78 is 0. The van der Waals surface area contributed by atoms with Gasteiger partial charge in [0.15, 0.2) is 0 Å². The Morgan fingerprint density at radius 2 is 1.93 bits per heavy atom. The summed E-state index contributed by atoms with van der Waals surface area (Å²) in [5.74, 6) is 1.10. The highest BCUT2D eigenvalue weighted by atomic mass is 32.2. The summed E-state index contributed by atoms with van der Waals surface area (Å²) in [5, 5.41) is 2.10. The van der Waals surface area contributed by atoms with Crippen molar-refractivity contribution < 1.29 is 0 Å². The molecule has 1 aliphatic carbocycles. The van der Waals surface area contributed by atoms with Crippen molar-refractivity contribution in [3.05, 3.63) is 0 Å². The molecular weight excluding hydrogens is 200 g/mol. The van der Waals surface area contributed by atoms with Crippen LogP contribution in [0.15, 0.2) is 0 Å². The average molecular weight is 226 g/mol. The van der Waals surface area contributed by atoms with E-state index < -0.39 is 0 Å². The van der Waals surface area contributed by atoms with Gasteiger partial charge in [0.2, 0.25) is 0 Å². The van der Waals surface area contributed by atoms with Gasteiger partial charge in [-0.2, -0.15) is 11.8 Å². The van der Waals surface area contributed by atoms with Gasteiger partial charge in [0, 0.05) is 10.5 Å². The van der Waals surface area contributed by atoms with Crippen molar-refractivity contribution in [3.8, 4) is 0 Å². The molecule has 2 bridgehead atoms. The van der Waals surface area contributed by atoms with Crippen molar-refractivity contribution in [2.45, 2.75) is 81.6 Å². The molecule has 88 valence electrons. The Balaban J connectivity index is 1.69. The molecular formula is C14H26S. The lowest BCUT2D eigenvalue weighted by molar-refractivity contribution is 0.441. The van der Waals surface area contributed by atoms with Gasteiger partial charge in [-0.3, -0.25) is 0 Å². The summed E-state index contributed by atoms with van der Waals surface area (Å²) in [4.78, 5) is 0. The third-order valence-electron chi connectivity index (χ3n) is 4.15. The number of thioether (sulfide) groups is 1. The average Bonchev–Trinajstić information content (AvgIpc) is 2.45. The van der Waals surface area contributed by atoms with Crippen molar-refractivity contribution in [1.82, 2.24) is 0 Å². The first kappa shape index (κ1) is 11.8. The fourth-order valence-electron chi connectivity index (χ4n) is 3.25. The Morgan fingerprint density at radius 1 is 1.07 bits per heavy atom. The van der Waals surface area contributed by atoms with Crippen LogP contribution in [0.3, 0.4) is 0 Å². The van der Waals surface area contributed by atoms with E-state index in [2.05, 4.69) is 18.7 Å². The maximum absolute atomic E-state index is 2.35. The monoisotopic (exact) mass is 226 g/mol. The number of hydrogen-bond acceptors (Lipinski definition) is 1. The third kappa shape index (κ3) is 3.41. The van der Waals surface area contributed by atoms with Crippen molar-refractivity contribution >= 4 is 11.8 Å². The first-order valence-electron chi connectivity index (χ1n) is 7.05. The topological polar surface area (TPSA) is 0 Å². The predicted molar refractivity (Wildman–Crippen MR) is 70.5 cm³/mol. The zero-order valence-corrected chi connectivity index (χ0v) is 11.0. The molecule has 1 saturated heterocycles. The van der Waals surface area contributed by atoms with Crippen LogP contribution in [-0.2, 0) is 0 Å². The number of rotatable bonds is 5. The highest BCUT2D eigenvalue weighted by molar-refractivity contribution is 8.00. The minimum Gasteiger partial charge on any atom is -0.155 e. The quantitative estimate of drug-likeness (QED) is 0.593. The van der Waals surface area contributed by atoms with Gasteiger partial charge in [0.05, 0.1) is 0 Å². The lowest BCUT2D eigenvalue weighted by Gasteiger charge is -2.19. The molecule has 3 atom stereocenters. The molecule has 0 radical (unpaired) electrons. The minimum absolute atomic E-state index is 1.05. The molecule has 1 saturated carbocycles. The number of unbranched alkanes of at least 4 members (excludes halogenated alkanes) is 3. The number of fused-ring (bicyclic) bond motifs is 2. The SMILES string of the molecule is CCCCCCC1SC2CCCCC1C2. The van der Waals surface area contributed by atoms with E-state index in [4.69, 9.17) is 0 Å². The van der Waals surface area contributed by atoms with Gasteiger partial charge in [-0.05, 0) is 31.6 Å². The van der Waals surface area contributed by atoms with E-state index in [1.807, 2.05) is 0 Å². The molecule has 2 aliphatic rings. The molecule has 1 heteroatoms. The fraction of sp³-hybridized carbons (Fsp3) is 1.00. The molecule has 0 nitrogen and oxygen atoms in total. The van der Waals surface area contributed by atoms with Crippen LogP contribution in [0.4, 0.5) is 0 Å². The molecule has 2 rings (SSSR count). The van der Waals surface area contributed by atoms with E-state index >= 15 is 0 Å². The van der Waals surface area contributed by atoms with E-state index in [-0.39, 0.29) is 0 Å². The molecule has 0 aromatic rings. The van der Waals surface area contributed by atoms with Gasteiger partial charge in [-0.15, -0.1) is 0 Å². The van der Waals surface area contributed by atoms with Crippen molar-refractivity contribution in [1.29, 1.82) is 0 Å². The van der Waals surface area contributed by atoms with Crippen LogP contribution in [0.1, 0.15) is 71.1 Å². The van der Waals surface area contributed by atoms with Crippen LogP contribution >= 0.6 is 11.8 Å². The molecule has 0 aromatic heterocycles. The van der Waals surface area contributed by atoms with Crippen LogP contribution in [0, 0.1) is 5.92 Å². The van der Waals surface area contributed by atoms with Crippen LogP contribution in [0.2, 0.25) is 0 Å². The third-order valence-corrected chi connectivity index (χ3v) is 5.94. The summed E-state index contributed by atoms with van der Waals surface area (Å²) in [5.41, 5.74) is 0. The second-order valence-electron chi connectivity index (χ2n) is 5.43. The Hall–Kier alpha value is 0.350. The number of hydrogen-bond donors (Lipinski definition) is 0. The lowest BCUT2D eigenvalue weighted by atomic mass is 9.93. The lowest BCUT2D eigenvalue weighted by Crippen LogP contribution is -2.11. The molecule has 0 spiro atoms. The smallest absolute Gasteiger partial charge is 0.00785 e. The Labute approximate surface area is 99.6 Å². The largest absolute Gasteiger partial charge is 0.155 e. The van der Waals surface area contributed by atoms with Crippen LogP contribution in [-0.4, -0.2) is 10.5 Å². The van der Waals surface area contributed by atoms with E-state index in [1.165, 1.54) is 51.4 Å². The molecule has 15 heavy (non-hydrogen) atoms. The highest BCUT2D eigenvalue weighted by Crippen LogP contribution is 2.47. The maximum Gasteiger partial charge on any atom is 0.00785 e. The normalized spacial score (nSPS) is 35.4. The summed E-state index contributed by atoms with van der Waals surface area (Å²) in [6, 6.07) is 0. The molecule has 1 aliphatic heterocycles. The summed E-state index contributed by atoms with van der Waals surface area (Å²) in [6.07, 6.45) is 15.0. The van der Waals surface area contributed by atoms with Gasteiger partial charge in [-0.25, -0.2) is 0 Å². The minimum atomic E-state index is 1.05. The first-order valence-corrected chi connectivity index (χ1v) is 8.00. The van der Waals surface area contributed by atoms with Crippen LogP contribution in [0.5, 0.6) is 0 Å². The summed E-state index contributed by atoms with van der Waals surface area (Å²) in [6.45, 7) is 2.31. The van der Waals surface area contributed by atoms with E-state index in [0.29, 0.717) is 0 Å². The summed E-state index contributed by atoms with van der Waals surface area (Å²) >= 11 is 2.35. The van der Waals surface area contributed by atoms with E-state index in [9.17, 15) is 0 Å². The van der Waals surface area contributed by atoms with Crippen LogP contribution < -0.4 is 0 Å². The van der Waals surface area contributed by atoms with Gasteiger partial charge in [0.1, 0.15) is 0 Å². The van der Waals surface area contributed by atoms with E-state index in [0.717, 1.165) is 16.4 Å². The van der Waals surface area contributed by atoms with Gasteiger partial charge in [-0.1, -0.05) is 45.4 Å². The Morgan fingerprint density at radius 3 is 2.80 bits per heavy atom. The Bertz CT molecular complexity index is 178. The van der Waals surface area contributed by atoms with Crippen molar-refractivity contribution in [2.24, 2.45) is 5.92 Å². The van der Waals surface area contributed by atoms with Gasteiger partial charge in [0.25, 0.3) is 0 Å². The Kier molecular flexibility index (Phi) is 4.87. The van der Waals surface area contributed by atoms with Crippen molar-refractivity contribution in [2.75, 3.05) is 0 Å². The highest BCUT2D eigenvalue weighted by Gasteiger charge is 2.35. The van der Waals surface area contributed by atoms with Crippen molar-refractivity contribution in [3.63, 3.8) is 0 Å². The predicted octanol–water partition coefficient (Wildman–Crippen LogP) is 5.02. The van der Waals surface area contributed by atoms with E-state index in [1.54, 1.807) is 12.8 Å². The molecule has 0 amide bonds.